The fourth-order valence-electron chi connectivity index (χ4n) is 1.93. The zero-order chi connectivity index (χ0) is 18.4. The largest absolute Gasteiger partial charge is 0.416 e. The van der Waals surface area contributed by atoms with E-state index in [4.69, 9.17) is 0 Å². The molecule has 0 aliphatic heterocycles. The van der Waals surface area contributed by atoms with E-state index in [1.807, 2.05) is 0 Å². The van der Waals surface area contributed by atoms with E-state index in [2.05, 4.69) is 22.2 Å². The summed E-state index contributed by atoms with van der Waals surface area (Å²) in [5.74, 6) is -1.12. The standard InChI is InChI=1S/C17H14F3N3O2/c1-2-6-22-15(24)11-7-12(10-21-9-11)16(25)23-14-5-3-4-13(8-14)17(18,19)20/h2-5,7-10H,1,6H2,(H,22,24)(H,23,25). The summed E-state index contributed by atoms with van der Waals surface area (Å²) in [5, 5.41) is 4.89. The van der Waals surface area contributed by atoms with Crippen molar-refractivity contribution in [1.82, 2.24) is 10.3 Å². The molecule has 1 aromatic heterocycles. The van der Waals surface area contributed by atoms with Crippen LogP contribution < -0.4 is 10.6 Å². The third-order valence-corrected chi connectivity index (χ3v) is 3.12. The molecule has 0 unspecified atom stereocenters. The minimum atomic E-state index is -4.51. The average Bonchev–Trinajstić information content (AvgIpc) is 2.59. The number of alkyl halides is 3. The summed E-state index contributed by atoms with van der Waals surface area (Å²) in [7, 11) is 0. The second-order valence-electron chi connectivity index (χ2n) is 4.99. The molecule has 2 amide bonds. The van der Waals surface area contributed by atoms with E-state index in [0.29, 0.717) is 0 Å². The number of aromatic nitrogens is 1. The Balaban J connectivity index is 2.16. The Labute approximate surface area is 141 Å². The number of hydrogen-bond acceptors (Lipinski definition) is 3. The molecular weight excluding hydrogens is 335 g/mol. The van der Waals surface area contributed by atoms with Crippen LogP contribution in [0.5, 0.6) is 0 Å². The first-order valence-corrected chi connectivity index (χ1v) is 7.14. The molecule has 1 heterocycles. The monoisotopic (exact) mass is 349 g/mol. The van der Waals surface area contributed by atoms with Crippen molar-refractivity contribution in [2.75, 3.05) is 11.9 Å². The molecule has 0 aliphatic rings. The molecule has 2 N–H and O–H groups in total. The van der Waals surface area contributed by atoms with Crippen LogP contribution in [0.15, 0.2) is 55.4 Å². The second kappa shape index (κ2) is 7.61. The van der Waals surface area contributed by atoms with Crippen molar-refractivity contribution < 1.29 is 22.8 Å². The molecule has 0 bridgehead atoms. The van der Waals surface area contributed by atoms with Crippen molar-refractivity contribution in [3.05, 3.63) is 72.1 Å². The van der Waals surface area contributed by atoms with Crippen molar-refractivity contribution in [3.63, 3.8) is 0 Å². The van der Waals surface area contributed by atoms with Crippen LogP contribution in [0, 0.1) is 0 Å². The van der Waals surface area contributed by atoms with Gasteiger partial charge in [-0.15, -0.1) is 6.58 Å². The van der Waals surface area contributed by atoms with Crippen LogP contribution in [-0.4, -0.2) is 23.3 Å². The van der Waals surface area contributed by atoms with E-state index in [-0.39, 0.29) is 23.4 Å². The van der Waals surface area contributed by atoms with E-state index < -0.39 is 23.6 Å². The third-order valence-electron chi connectivity index (χ3n) is 3.12. The number of carbonyl (C=O) groups excluding carboxylic acids is 2. The molecule has 0 radical (unpaired) electrons. The minimum absolute atomic E-state index is 0.0127. The Morgan fingerprint density at radius 3 is 2.44 bits per heavy atom. The summed E-state index contributed by atoms with van der Waals surface area (Å²) in [5.41, 5.74) is -0.690. The molecule has 2 rings (SSSR count). The van der Waals surface area contributed by atoms with Crippen LogP contribution in [0.2, 0.25) is 0 Å². The molecule has 0 fully saturated rings. The Morgan fingerprint density at radius 2 is 1.80 bits per heavy atom. The number of rotatable bonds is 5. The molecule has 8 heteroatoms. The van der Waals surface area contributed by atoms with Crippen molar-refractivity contribution in [3.8, 4) is 0 Å². The van der Waals surface area contributed by atoms with Gasteiger partial charge in [-0.25, -0.2) is 0 Å². The summed E-state index contributed by atoms with van der Waals surface area (Å²) in [6.07, 6.45) is -0.520. The van der Waals surface area contributed by atoms with E-state index in [1.165, 1.54) is 36.7 Å². The van der Waals surface area contributed by atoms with E-state index in [1.54, 1.807) is 0 Å². The highest BCUT2D eigenvalue weighted by Crippen LogP contribution is 2.30. The minimum Gasteiger partial charge on any atom is -0.349 e. The molecule has 130 valence electrons. The highest BCUT2D eigenvalue weighted by molar-refractivity contribution is 6.05. The first kappa shape index (κ1) is 18.2. The van der Waals surface area contributed by atoms with Crippen molar-refractivity contribution in [1.29, 1.82) is 0 Å². The third kappa shape index (κ3) is 4.90. The van der Waals surface area contributed by atoms with E-state index in [9.17, 15) is 22.8 Å². The summed E-state index contributed by atoms with van der Waals surface area (Å²) in [6, 6.07) is 5.55. The summed E-state index contributed by atoms with van der Waals surface area (Å²) in [4.78, 5) is 27.8. The predicted octanol–water partition coefficient (Wildman–Crippen LogP) is 3.27. The predicted molar refractivity (Wildman–Crippen MR) is 86.2 cm³/mol. The Hall–Kier alpha value is -3.16. The van der Waals surface area contributed by atoms with Gasteiger partial charge in [0.05, 0.1) is 16.7 Å². The number of halogens is 3. The molecule has 1 aromatic carbocycles. The van der Waals surface area contributed by atoms with Crippen molar-refractivity contribution >= 4 is 17.5 Å². The first-order valence-electron chi connectivity index (χ1n) is 7.14. The number of hydrogen-bond donors (Lipinski definition) is 2. The first-order chi connectivity index (χ1) is 11.8. The van der Waals surface area contributed by atoms with Gasteiger partial charge >= 0.3 is 6.18 Å². The molecule has 0 saturated heterocycles. The van der Waals surface area contributed by atoms with Crippen LogP contribution in [-0.2, 0) is 6.18 Å². The molecular formula is C17H14F3N3O2. The van der Waals surface area contributed by atoms with Gasteiger partial charge < -0.3 is 10.6 Å². The van der Waals surface area contributed by atoms with Crippen LogP contribution in [0.3, 0.4) is 0 Å². The van der Waals surface area contributed by atoms with E-state index >= 15 is 0 Å². The molecule has 0 atom stereocenters. The number of nitrogens with zero attached hydrogens (tertiary/aromatic N) is 1. The van der Waals surface area contributed by atoms with Crippen molar-refractivity contribution in [2.24, 2.45) is 0 Å². The molecule has 0 spiro atoms. The van der Waals surface area contributed by atoms with Crippen LogP contribution in [0.25, 0.3) is 0 Å². The summed E-state index contributed by atoms with van der Waals surface area (Å²) < 4.78 is 38.1. The lowest BCUT2D eigenvalue weighted by molar-refractivity contribution is -0.137. The fraction of sp³-hybridized carbons (Fsp3) is 0.118. The maximum atomic E-state index is 12.7. The van der Waals surface area contributed by atoms with Gasteiger partial charge in [-0.2, -0.15) is 13.2 Å². The summed E-state index contributed by atoms with van der Waals surface area (Å²) >= 11 is 0. The molecule has 5 nitrogen and oxygen atoms in total. The topological polar surface area (TPSA) is 71.1 Å². The number of carbonyl (C=O) groups is 2. The van der Waals surface area contributed by atoms with E-state index in [0.717, 1.165) is 12.1 Å². The Bertz CT molecular complexity index is 804. The number of amides is 2. The lowest BCUT2D eigenvalue weighted by Gasteiger charge is -2.10. The Morgan fingerprint density at radius 1 is 1.12 bits per heavy atom. The SMILES string of the molecule is C=CCNC(=O)c1cncc(C(=O)Nc2cccc(C(F)(F)F)c2)c1. The van der Waals surface area contributed by atoms with Gasteiger partial charge in [0.1, 0.15) is 0 Å². The maximum absolute atomic E-state index is 12.7. The highest BCUT2D eigenvalue weighted by atomic mass is 19.4. The summed E-state index contributed by atoms with van der Waals surface area (Å²) in [6.45, 7) is 3.72. The second-order valence-corrected chi connectivity index (χ2v) is 4.99. The van der Waals surface area contributed by atoms with Crippen LogP contribution in [0.1, 0.15) is 26.3 Å². The Kier molecular flexibility index (Phi) is 5.53. The lowest BCUT2D eigenvalue weighted by atomic mass is 10.1. The molecule has 0 aliphatic carbocycles. The zero-order valence-electron chi connectivity index (χ0n) is 12.9. The smallest absolute Gasteiger partial charge is 0.349 e. The van der Waals surface area contributed by atoms with Crippen LogP contribution >= 0.6 is 0 Å². The van der Waals surface area contributed by atoms with Gasteiger partial charge in [0.2, 0.25) is 0 Å². The van der Waals surface area contributed by atoms with Gasteiger partial charge in [-0.3, -0.25) is 14.6 Å². The highest BCUT2D eigenvalue weighted by Gasteiger charge is 2.30. The van der Waals surface area contributed by atoms with Gasteiger partial charge in [0, 0.05) is 24.6 Å². The van der Waals surface area contributed by atoms with Gasteiger partial charge in [-0.1, -0.05) is 12.1 Å². The maximum Gasteiger partial charge on any atom is 0.416 e. The van der Waals surface area contributed by atoms with Crippen LogP contribution in [0.4, 0.5) is 18.9 Å². The molecule has 25 heavy (non-hydrogen) atoms. The zero-order valence-corrected chi connectivity index (χ0v) is 12.9. The molecule has 0 saturated carbocycles. The van der Waals surface area contributed by atoms with Gasteiger partial charge in [0.25, 0.3) is 11.8 Å². The fourth-order valence-corrected chi connectivity index (χ4v) is 1.93. The number of anilines is 1. The van der Waals surface area contributed by atoms with Gasteiger partial charge in [-0.05, 0) is 24.3 Å². The number of benzene rings is 1. The molecule has 2 aromatic rings. The number of nitrogens with one attached hydrogen (secondary N) is 2. The lowest BCUT2D eigenvalue weighted by Crippen LogP contribution is -2.24. The number of pyridine rings is 1. The normalized spacial score (nSPS) is 10.8. The quantitative estimate of drug-likeness (QED) is 0.814. The average molecular weight is 349 g/mol. The van der Waals surface area contributed by atoms with Gasteiger partial charge in [0.15, 0.2) is 0 Å². The van der Waals surface area contributed by atoms with Crippen molar-refractivity contribution in [2.45, 2.75) is 6.18 Å².